The molecule has 0 spiro atoms. The standard InChI is InChI=1S/C11H17N3O2/c1-13-5-3-12-10(13)8-14-4-2-9(7-14)6-11(15)16/h3,5,9H,2,4,6-8H2,1H3,(H,15,16). The van der Waals surface area contributed by atoms with Gasteiger partial charge in [-0.25, -0.2) is 4.98 Å². The molecular weight excluding hydrogens is 206 g/mol. The van der Waals surface area contributed by atoms with E-state index in [2.05, 4.69) is 9.88 Å². The molecule has 5 heteroatoms. The Balaban J connectivity index is 1.85. The van der Waals surface area contributed by atoms with Crippen LogP contribution in [0.2, 0.25) is 0 Å². The highest BCUT2D eigenvalue weighted by atomic mass is 16.4. The van der Waals surface area contributed by atoms with Crippen LogP contribution >= 0.6 is 0 Å². The van der Waals surface area contributed by atoms with Crippen LogP contribution in [0.4, 0.5) is 0 Å². The van der Waals surface area contributed by atoms with Crippen LogP contribution in [0.1, 0.15) is 18.7 Å². The molecule has 1 aliphatic heterocycles. The molecule has 0 bridgehead atoms. The van der Waals surface area contributed by atoms with Crippen LogP contribution in [0.5, 0.6) is 0 Å². The van der Waals surface area contributed by atoms with Gasteiger partial charge >= 0.3 is 5.97 Å². The third-order valence-electron chi connectivity index (χ3n) is 3.12. The molecule has 0 aromatic carbocycles. The minimum atomic E-state index is -0.691. The minimum Gasteiger partial charge on any atom is -0.481 e. The number of hydrogen-bond donors (Lipinski definition) is 1. The number of nitrogens with zero attached hydrogens (tertiary/aromatic N) is 3. The van der Waals surface area contributed by atoms with E-state index in [1.807, 2.05) is 17.8 Å². The van der Waals surface area contributed by atoms with Crippen molar-refractivity contribution in [2.75, 3.05) is 13.1 Å². The summed E-state index contributed by atoms with van der Waals surface area (Å²) in [5.41, 5.74) is 0. The van der Waals surface area contributed by atoms with Gasteiger partial charge in [0.1, 0.15) is 5.82 Å². The van der Waals surface area contributed by atoms with E-state index in [0.29, 0.717) is 5.92 Å². The van der Waals surface area contributed by atoms with E-state index in [4.69, 9.17) is 5.11 Å². The lowest BCUT2D eigenvalue weighted by molar-refractivity contribution is -0.138. The van der Waals surface area contributed by atoms with Gasteiger partial charge in [0.2, 0.25) is 0 Å². The lowest BCUT2D eigenvalue weighted by atomic mass is 10.1. The van der Waals surface area contributed by atoms with Gasteiger partial charge in [0.25, 0.3) is 0 Å². The Morgan fingerprint density at radius 3 is 3.12 bits per heavy atom. The number of carbonyl (C=O) groups is 1. The maximum atomic E-state index is 10.6. The molecule has 1 atom stereocenters. The van der Waals surface area contributed by atoms with Crippen molar-refractivity contribution in [2.24, 2.45) is 13.0 Å². The Morgan fingerprint density at radius 1 is 1.69 bits per heavy atom. The molecule has 1 aromatic rings. The highest BCUT2D eigenvalue weighted by Crippen LogP contribution is 2.20. The SMILES string of the molecule is Cn1ccnc1CN1CCC(CC(=O)O)C1. The monoisotopic (exact) mass is 223 g/mol. The van der Waals surface area contributed by atoms with Gasteiger partial charge in [0, 0.05) is 32.4 Å². The smallest absolute Gasteiger partial charge is 0.303 e. The zero-order valence-corrected chi connectivity index (χ0v) is 9.46. The number of imidazole rings is 1. The van der Waals surface area contributed by atoms with Crippen molar-refractivity contribution in [1.29, 1.82) is 0 Å². The molecule has 16 heavy (non-hydrogen) atoms. The minimum absolute atomic E-state index is 0.289. The highest BCUT2D eigenvalue weighted by molar-refractivity contribution is 5.67. The van der Waals surface area contributed by atoms with Crippen molar-refractivity contribution in [3.8, 4) is 0 Å². The fourth-order valence-electron chi connectivity index (χ4n) is 2.22. The van der Waals surface area contributed by atoms with Crippen LogP contribution in [0.25, 0.3) is 0 Å². The fraction of sp³-hybridized carbons (Fsp3) is 0.636. The molecule has 1 fully saturated rings. The summed E-state index contributed by atoms with van der Waals surface area (Å²) in [7, 11) is 1.98. The number of rotatable bonds is 4. The Labute approximate surface area is 94.7 Å². The van der Waals surface area contributed by atoms with Crippen molar-refractivity contribution in [2.45, 2.75) is 19.4 Å². The van der Waals surface area contributed by atoms with E-state index in [9.17, 15) is 4.79 Å². The molecule has 2 heterocycles. The Hall–Kier alpha value is -1.36. The molecule has 0 aliphatic carbocycles. The van der Waals surface area contributed by atoms with Gasteiger partial charge in [-0.2, -0.15) is 0 Å². The summed E-state index contributed by atoms with van der Waals surface area (Å²) in [5.74, 6) is 0.651. The molecule has 1 unspecified atom stereocenters. The molecule has 0 amide bonds. The summed E-state index contributed by atoms with van der Waals surface area (Å²) in [6, 6.07) is 0. The predicted molar refractivity (Wildman–Crippen MR) is 58.8 cm³/mol. The number of carboxylic acids is 1. The van der Waals surface area contributed by atoms with Crippen LogP contribution < -0.4 is 0 Å². The highest BCUT2D eigenvalue weighted by Gasteiger charge is 2.24. The van der Waals surface area contributed by atoms with Crippen molar-refractivity contribution >= 4 is 5.97 Å². The second-order valence-corrected chi connectivity index (χ2v) is 4.44. The summed E-state index contributed by atoms with van der Waals surface area (Å²) in [5, 5.41) is 8.73. The van der Waals surface area contributed by atoms with E-state index in [1.165, 1.54) is 0 Å². The van der Waals surface area contributed by atoms with Crippen LogP contribution in [-0.4, -0.2) is 38.6 Å². The summed E-state index contributed by atoms with van der Waals surface area (Å²) in [6.07, 6.45) is 4.99. The molecule has 2 rings (SSSR count). The zero-order chi connectivity index (χ0) is 11.5. The number of likely N-dealkylation sites (tertiary alicyclic amines) is 1. The van der Waals surface area contributed by atoms with Gasteiger partial charge in [-0.3, -0.25) is 9.69 Å². The van der Waals surface area contributed by atoms with Gasteiger partial charge in [-0.15, -0.1) is 0 Å². The van der Waals surface area contributed by atoms with Gasteiger partial charge in [0.15, 0.2) is 0 Å². The van der Waals surface area contributed by atoms with E-state index in [0.717, 1.165) is 31.9 Å². The second-order valence-electron chi connectivity index (χ2n) is 4.44. The third kappa shape index (κ3) is 2.61. The average molecular weight is 223 g/mol. The first-order valence-electron chi connectivity index (χ1n) is 5.55. The summed E-state index contributed by atoms with van der Waals surface area (Å²) in [6.45, 7) is 2.67. The molecule has 1 aromatic heterocycles. The molecule has 1 N–H and O–H groups in total. The fourth-order valence-corrected chi connectivity index (χ4v) is 2.22. The normalized spacial score (nSPS) is 21.4. The maximum Gasteiger partial charge on any atom is 0.303 e. The Kier molecular flexibility index (Phi) is 3.24. The molecule has 5 nitrogen and oxygen atoms in total. The second kappa shape index (κ2) is 4.65. The first-order chi connectivity index (χ1) is 7.65. The van der Waals surface area contributed by atoms with Gasteiger partial charge in [-0.1, -0.05) is 0 Å². The lowest BCUT2D eigenvalue weighted by Crippen LogP contribution is -2.22. The number of aryl methyl sites for hydroxylation is 1. The molecule has 1 aliphatic rings. The molecule has 1 saturated heterocycles. The van der Waals surface area contributed by atoms with E-state index in [-0.39, 0.29) is 6.42 Å². The van der Waals surface area contributed by atoms with E-state index < -0.39 is 5.97 Å². The van der Waals surface area contributed by atoms with E-state index in [1.54, 1.807) is 6.20 Å². The summed E-state index contributed by atoms with van der Waals surface area (Å²) < 4.78 is 2.00. The molecule has 88 valence electrons. The van der Waals surface area contributed by atoms with Gasteiger partial charge < -0.3 is 9.67 Å². The summed E-state index contributed by atoms with van der Waals surface area (Å²) in [4.78, 5) is 17.1. The number of hydrogen-bond acceptors (Lipinski definition) is 3. The zero-order valence-electron chi connectivity index (χ0n) is 9.46. The average Bonchev–Trinajstić information content (AvgIpc) is 2.77. The summed E-state index contributed by atoms with van der Waals surface area (Å²) >= 11 is 0. The Morgan fingerprint density at radius 2 is 2.50 bits per heavy atom. The topological polar surface area (TPSA) is 58.4 Å². The van der Waals surface area contributed by atoms with Crippen molar-refractivity contribution < 1.29 is 9.90 Å². The van der Waals surface area contributed by atoms with Crippen molar-refractivity contribution in [3.63, 3.8) is 0 Å². The lowest BCUT2D eigenvalue weighted by Gasteiger charge is -2.14. The first kappa shape index (κ1) is 11.1. The molecule has 0 saturated carbocycles. The Bertz CT molecular complexity index is 375. The third-order valence-corrected chi connectivity index (χ3v) is 3.12. The first-order valence-corrected chi connectivity index (χ1v) is 5.55. The van der Waals surface area contributed by atoms with Crippen molar-refractivity contribution in [3.05, 3.63) is 18.2 Å². The van der Waals surface area contributed by atoms with E-state index >= 15 is 0 Å². The van der Waals surface area contributed by atoms with Crippen molar-refractivity contribution in [1.82, 2.24) is 14.5 Å². The van der Waals surface area contributed by atoms with Crippen LogP contribution in [-0.2, 0) is 18.4 Å². The number of aliphatic carboxylic acids is 1. The number of aromatic nitrogens is 2. The molecular formula is C11H17N3O2. The maximum absolute atomic E-state index is 10.6. The molecule has 0 radical (unpaired) electrons. The van der Waals surface area contributed by atoms with Gasteiger partial charge in [-0.05, 0) is 18.9 Å². The van der Waals surface area contributed by atoms with Gasteiger partial charge in [0.05, 0.1) is 6.54 Å². The van der Waals surface area contributed by atoms with Crippen LogP contribution in [0.3, 0.4) is 0 Å². The van der Waals surface area contributed by atoms with Crippen LogP contribution in [0.15, 0.2) is 12.4 Å². The quantitative estimate of drug-likeness (QED) is 0.817. The predicted octanol–water partition coefficient (Wildman–Crippen LogP) is 0.717. The van der Waals surface area contributed by atoms with Crippen LogP contribution in [0, 0.1) is 5.92 Å². The number of carboxylic acid groups (broad SMARTS) is 1. The largest absolute Gasteiger partial charge is 0.481 e.